The molecule has 2 aromatic carbocycles. The van der Waals surface area contributed by atoms with Gasteiger partial charge in [-0.05, 0) is 31.2 Å². The molecule has 2 rings (SSSR count). The van der Waals surface area contributed by atoms with Crippen LogP contribution in [0.3, 0.4) is 0 Å². The predicted molar refractivity (Wildman–Crippen MR) is 79.9 cm³/mol. The van der Waals surface area contributed by atoms with E-state index in [1.807, 2.05) is 0 Å². The lowest BCUT2D eigenvalue weighted by Gasteiger charge is -2.10. The quantitative estimate of drug-likeness (QED) is 0.834. The molecule has 0 atom stereocenters. The number of benzene rings is 2. The van der Waals surface area contributed by atoms with E-state index in [9.17, 15) is 18.4 Å². The zero-order valence-corrected chi connectivity index (χ0v) is 11.8. The van der Waals surface area contributed by atoms with E-state index in [1.54, 1.807) is 24.3 Å². The predicted octanol–water partition coefficient (Wildman–Crippen LogP) is 3.22. The highest BCUT2D eigenvalue weighted by Crippen LogP contribution is 2.16. The number of hydrogen-bond acceptors (Lipinski definition) is 3. The van der Waals surface area contributed by atoms with Crippen molar-refractivity contribution >= 4 is 23.1 Å². The summed E-state index contributed by atoms with van der Waals surface area (Å²) >= 11 is 0. The van der Waals surface area contributed by atoms with Crippen molar-refractivity contribution in [1.82, 2.24) is 0 Å². The van der Waals surface area contributed by atoms with Crippen molar-refractivity contribution in [2.24, 2.45) is 0 Å². The topological polar surface area (TPSA) is 58.2 Å². The molecule has 1 amide bonds. The minimum atomic E-state index is -0.773. The molecule has 0 aliphatic carbocycles. The molecule has 0 spiro atoms. The fraction of sp³-hybridized carbons (Fsp3) is 0.125. The van der Waals surface area contributed by atoms with E-state index in [-0.39, 0.29) is 18.0 Å². The Morgan fingerprint density at radius 2 is 1.68 bits per heavy atom. The number of halogens is 2. The summed E-state index contributed by atoms with van der Waals surface area (Å²) in [6, 6.07) is 9.52. The first-order chi connectivity index (χ1) is 10.5. The van der Waals surface area contributed by atoms with Gasteiger partial charge in [-0.25, -0.2) is 8.78 Å². The van der Waals surface area contributed by atoms with E-state index in [1.165, 1.54) is 6.92 Å². The minimum Gasteiger partial charge on any atom is -0.376 e. The molecular weight excluding hydrogens is 290 g/mol. The largest absolute Gasteiger partial charge is 0.376 e. The third-order valence-corrected chi connectivity index (χ3v) is 2.89. The number of carbonyl (C=O) groups excluding carboxylic acids is 2. The van der Waals surface area contributed by atoms with Crippen LogP contribution in [0.25, 0.3) is 0 Å². The Kier molecular flexibility index (Phi) is 4.83. The summed E-state index contributed by atoms with van der Waals surface area (Å²) in [6.07, 6.45) is 0. The van der Waals surface area contributed by atoms with Crippen LogP contribution in [0, 0.1) is 11.6 Å². The van der Waals surface area contributed by atoms with Crippen molar-refractivity contribution in [3.8, 4) is 0 Å². The third-order valence-electron chi connectivity index (χ3n) is 2.89. The normalized spacial score (nSPS) is 10.1. The molecule has 0 aliphatic rings. The van der Waals surface area contributed by atoms with Crippen LogP contribution in [0.4, 0.5) is 20.2 Å². The van der Waals surface area contributed by atoms with Crippen LogP contribution in [-0.2, 0) is 4.79 Å². The number of para-hydroxylation sites is 1. The van der Waals surface area contributed by atoms with Gasteiger partial charge in [-0.2, -0.15) is 0 Å². The second kappa shape index (κ2) is 6.80. The lowest BCUT2D eigenvalue weighted by Crippen LogP contribution is -2.22. The van der Waals surface area contributed by atoms with Gasteiger partial charge >= 0.3 is 0 Å². The summed E-state index contributed by atoms with van der Waals surface area (Å²) in [5, 5.41) is 5.20. The average molecular weight is 304 g/mol. The summed E-state index contributed by atoms with van der Waals surface area (Å²) in [5.41, 5.74) is 1.02. The molecule has 2 N–H and O–H groups in total. The highest BCUT2D eigenvalue weighted by molar-refractivity contribution is 6.00. The van der Waals surface area contributed by atoms with Crippen LogP contribution in [-0.4, -0.2) is 18.2 Å². The average Bonchev–Trinajstić information content (AvgIpc) is 2.44. The number of hydrogen-bond donors (Lipinski definition) is 2. The van der Waals surface area contributed by atoms with E-state index in [0.29, 0.717) is 11.3 Å². The van der Waals surface area contributed by atoms with Gasteiger partial charge < -0.3 is 10.6 Å². The molecule has 22 heavy (non-hydrogen) atoms. The molecule has 0 unspecified atom stereocenters. The lowest BCUT2D eigenvalue weighted by atomic mass is 10.1. The molecule has 0 heterocycles. The molecule has 114 valence electrons. The van der Waals surface area contributed by atoms with Crippen LogP contribution in [0.5, 0.6) is 0 Å². The molecule has 0 aromatic heterocycles. The van der Waals surface area contributed by atoms with Gasteiger partial charge in [0.2, 0.25) is 5.91 Å². The number of anilines is 2. The molecule has 0 radical (unpaired) electrons. The number of nitrogens with one attached hydrogen (secondary N) is 2. The zero-order chi connectivity index (χ0) is 16.1. The standard InChI is InChI=1S/C16H14F2N2O2/c1-10(21)14-4-2-3-5-15(14)19-9-16(22)20-13-7-11(17)6-12(18)8-13/h2-8,19H,9H2,1H3,(H,20,22). The van der Waals surface area contributed by atoms with Crippen LogP contribution >= 0.6 is 0 Å². The molecule has 2 aromatic rings. The van der Waals surface area contributed by atoms with Crippen molar-refractivity contribution < 1.29 is 18.4 Å². The van der Waals surface area contributed by atoms with Gasteiger partial charge in [-0.3, -0.25) is 9.59 Å². The second-order valence-corrected chi connectivity index (χ2v) is 4.66. The Balaban J connectivity index is 2.00. The molecule has 0 aliphatic heterocycles. The summed E-state index contributed by atoms with van der Waals surface area (Å²) in [6.45, 7) is 1.29. The molecule has 0 saturated heterocycles. The number of ketones is 1. The number of rotatable bonds is 5. The van der Waals surface area contributed by atoms with Crippen molar-refractivity contribution in [2.45, 2.75) is 6.92 Å². The summed E-state index contributed by atoms with van der Waals surface area (Å²) in [4.78, 5) is 23.2. The van der Waals surface area contributed by atoms with Crippen LogP contribution < -0.4 is 10.6 Å². The second-order valence-electron chi connectivity index (χ2n) is 4.66. The highest BCUT2D eigenvalue weighted by Gasteiger charge is 2.09. The van der Waals surface area contributed by atoms with Gasteiger partial charge in [0.05, 0.1) is 6.54 Å². The van der Waals surface area contributed by atoms with E-state index in [4.69, 9.17) is 0 Å². The van der Waals surface area contributed by atoms with Crippen LogP contribution in [0.2, 0.25) is 0 Å². The highest BCUT2D eigenvalue weighted by atomic mass is 19.1. The van der Waals surface area contributed by atoms with E-state index in [0.717, 1.165) is 18.2 Å². The fourth-order valence-corrected chi connectivity index (χ4v) is 1.95. The van der Waals surface area contributed by atoms with Crippen molar-refractivity contribution in [3.05, 3.63) is 59.7 Å². The molecule has 4 nitrogen and oxygen atoms in total. The number of Topliss-reactive ketones (excluding diaryl/α,β-unsaturated/α-hetero) is 1. The van der Waals surface area contributed by atoms with Gasteiger partial charge in [0.25, 0.3) is 0 Å². The van der Waals surface area contributed by atoms with E-state index in [2.05, 4.69) is 10.6 Å². The Labute approximate surface area is 126 Å². The van der Waals surface area contributed by atoms with Crippen LogP contribution in [0.1, 0.15) is 17.3 Å². The maximum absolute atomic E-state index is 13.0. The van der Waals surface area contributed by atoms with Gasteiger partial charge in [0.1, 0.15) is 11.6 Å². The summed E-state index contributed by atoms with van der Waals surface area (Å²) in [7, 11) is 0. The Bertz CT molecular complexity index is 697. The maximum atomic E-state index is 13.0. The van der Waals surface area contributed by atoms with Crippen LogP contribution in [0.15, 0.2) is 42.5 Å². The first kappa shape index (κ1) is 15.6. The lowest BCUT2D eigenvalue weighted by molar-refractivity contribution is -0.114. The van der Waals surface area contributed by atoms with Gasteiger partial charge in [0.15, 0.2) is 5.78 Å². The van der Waals surface area contributed by atoms with Crippen molar-refractivity contribution in [1.29, 1.82) is 0 Å². The Hall–Kier alpha value is -2.76. The summed E-state index contributed by atoms with van der Waals surface area (Å²) in [5.74, 6) is -2.16. The van der Waals surface area contributed by atoms with E-state index >= 15 is 0 Å². The van der Waals surface area contributed by atoms with Gasteiger partial charge in [0, 0.05) is 23.0 Å². The molecule has 6 heteroatoms. The molecule has 0 fully saturated rings. The molecular formula is C16H14F2N2O2. The zero-order valence-electron chi connectivity index (χ0n) is 11.8. The Morgan fingerprint density at radius 3 is 2.32 bits per heavy atom. The summed E-state index contributed by atoms with van der Waals surface area (Å²) < 4.78 is 26.1. The Morgan fingerprint density at radius 1 is 1.05 bits per heavy atom. The molecule has 0 saturated carbocycles. The fourth-order valence-electron chi connectivity index (χ4n) is 1.95. The van der Waals surface area contributed by atoms with Crippen molar-refractivity contribution in [2.75, 3.05) is 17.2 Å². The maximum Gasteiger partial charge on any atom is 0.243 e. The third kappa shape index (κ3) is 4.12. The SMILES string of the molecule is CC(=O)c1ccccc1NCC(=O)Nc1cc(F)cc(F)c1. The smallest absolute Gasteiger partial charge is 0.243 e. The van der Waals surface area contributed by atoms with E-state index < -0.39 is 17.5 Å². The first-order valence-electron chi connectivity index (χ1n) is 6.55. The van der Waals surface area contributed by atoms with Gasteiger partial charge in [-0.1, -0.05) is 12.1 Å². The number of amides is 1. The first-order valence-corrected chi connectivity index (χ1v) is 6.55. The minimum absolute atomic E-state index is 0.0316. The molecule has 0 bridgehead atoms. The number of carbonyl (C=O) groups is 2. The van der Waals surface area contributed by atoms with Crippen molar-refractivity contribution in [3.63, 3.8) is 0 Å². The monoisotopic (exact) mass is 304 g/mol. The van der Waals surface area contributed by atoms with Gasteiger partial charge in [-0.15, -0.1) is 0 Å².